The summed E-state index contributed by atoms with van der Waals surface area (Å²) < 4.78 is 0. The Morgan fingerprint density at radius 1 is 1.14 bits per heavy atom. The smallest absolute Gasteiger partial charge is 0.0577 e. The summed E-state index contributed by atoms with van der Waals surface area (Å²) in [6.07, 6.45) is 16.4. The van der Waals surface area contributed by atoms with Crippen molar-refractivity contribution < 1.29 is 5.11 Å². The van der Waals surface area contributed by atoms with E-state index in [1.54, 1.807) is 11.1 Å². The summed E-state index contributed by atoms with van der Waals surface area (Å²) in [6, 6.07) is 0. The first kappa shape index (κ1) is 16.1. The Bertz CT molecular complexity index is 526. The topological polar surface area (TPSA) is 20.2 Å². The molecule has 0 heterocycles. The molecule has 2 fully saturated rings. The van der Waals surface area contributed by atoms with Gasteiger partial charge in [0.2, 0.25) is 0 Å². The van der Waals surface area contributed by atoms with E-state index in [1.807, 2.05) is 13.8 Å². The van der Waals surface area contributed by atoms with Crippen molar-refractivity contribution in [2.75, 3.05) is 0 Å². The van der Waals surface area contributed by atoms with Crippen molar-refractivity contribution in [1.82, 2.24) is 0 Å². The zero-order valence-corrected chi connectivity index (χ0v) is 14.7. The minimum absolute atomic E-state index is 0.0907. The second kappa shape index (κ2) is 5.67. The Kier molecular flexibility index (Phi) is 4.14. The number of rotatable bonds is 0. The lowest BCUT2D eigenvalue weighted by Gasteiger charge is -2.55. The lowest BCUT2D eigenvalue weighted by molar-refractivity contribution is 0.0360. The van der Waals surface area contributed by atoms with E-state index in [0.29, 0.717) is 10.8 Å². The molecule has 1 heteroatoms. The third-order valence-electron chi connectivity index (χ3n) is 6.88. The third-order valence-corrected chi connectivity index (χ3v) is 6.88. The average molecular weight is 300 g/mol. The summed E-state index contributed by atoms with van der Waals surface area (Å²) in [5, 5.41) is 9.99. The van der Waals surface area contributed by atoms with Crippen LogP contribution in [0.5, 0.6) is 0 Å². The Hall–Kier alpha value is -0.820. The number of allylic oxidation sites excluding steroid dienone is 5. The summed E-state index contributed by atoms with van der Waals surface area (Å²) in [4.78, 5) is 0. The second-order valence-corrected chi connectivity index (χ2v) is 7.93. The fourth-order valence-corrected chi connectivity index (χ4v) is 5.58. The number of aliphatic hydroxyl groups is 1. The van der Waals surface area contributed by atoms with E-state index in [1.165, 1.54) is 25.7 Å². The number of hydrogen-bond donors (Lipinski definition) is 1. The lowest BCUT2D eigenvalue weighted by Crippen LogP contribution is -2.46. The quantitative estimate of drug-likeness (QED) is 0.592. The molecule has 22 heavy (non-hydrogen) atoms. The average Bonchev–Trinajstić information content (AvgIpc) is 2.92. The predicted molar refractivity (Wildman–Crippen MR) is 93.6 cm³/mol. The lowest BCUT2D eigenvalue weighted by atomic mass is 9.50. The molecule has 1 N–H and O–H groups in total. The first-order valence-electron chi connectivity index (χ1n) is 9.30. The molecule has 0 amide bonds. The highest BCUT2D eigenvalue weighted by Crippen LogP contribution is 2.62. The molecule has 5 atom stereocenters. The van der Waals surface area contributed by atoms with Gasteiger partial charge in [-0.2, -0.15) is 0 Å². The van der Waals surface area contributed by atoms with Crippen LogP contribution in [-0.4, -0.2) is 11.2 Å². The summed E-state index contributed by atoms with van der Waals surface area (Å²) in [6.45, 7) is 8.90. The van der Waals surface area contributed by atoms with Crippen LogP contribution in [0.4, 0.5) is 0 Å². The Morgan fingerprint density at radius 3 is 2.68 bits per heavy atom. The molecule has 2 saturated carbocycles. The maximum atomic E-state index is 9.99. The van der Waals surface area contributed by atoms with Crippen LogP contribution in [0, 0.1) is 22.7 Å². The van der Waals surface area contributed by atoms with Gasteiger partial charge in [0.15, 0.2) is 0 Å². The molecule has 122 valence electrons. The third kappa shape index (κ3) is 2.24. The molecule has 5 unspecified atom stereocenters. The Balaban J connectivity index is 0.000000693. The molecule has 0 aromatic rings. The highest BCUT2D eigenvalue weighted by atomic mass is 16.3. The number of aliphatic hydroxyl groups excluding tert-OH is 1. The fraction of sp³-hybridized carbons (Fsp3) is 0.714. The van der Waals surface area contributed by atoms with Crippen molar-refractivity contribution in [3.8, 4) is 0 Å². The maximum absolute atomic E-state index is 9.99. The molecule has 0 saturated heterocycles. The van der Waals surface area contributed by atoms with Gasteiger partial charge in [0.25, 0.3) is 0 Å². The van der Waals surface area contributed by atoms with Gasteiger partial charge < -0.3 is 5.11 Å². The van der Waals surface area contributed by atoms with Crippen molar-refractivity contribution in [2.24, 2.45) is 22.7 Å². The fourth-order valence-electron chi connectivity index (χ4n) is 5.58. The van der Waals surface area contributed by atoms with E-state index < -0.39 is 0 Å². The van der Waals surface area contributed by atoms with Crippen molar-refractivity contribution >= 4 is 0 Å². The summed E-state index contributed by atoms with van der Waals surface area (Å²) in [7, 11) is 0. The van der Waals surface area contributed by atoms with Gasteiger partial charge in [0.05, 0.1) is 6.10 Å². The van der Waals surface area contributed by atoms with E-state index in [2.05, 4.69) is 38.2 Å². The maximum Gasteiger partial charge on any atom is 0.0577 e. The summed E-state index contributed by atoms with van der Waals surface area (Å²) >= 11 is 0. The Morgan fingerprint density at radius 2 is 1.91 bits per heavy atom. The number of fused-ring (bicyclic) bond motifs is 5. The van der Waals surface area contributed by atoms with Crippen LogP contribution in [0.25, 0.3) is 0 Å². The molecule has 0 aliphatic heterocycles. The van der Waals surface area contributed by atoms with Gasteiger partial charge in [-0.1, -0.05) is 63.1 Å². The van der Waals surface area contributed by atoms with Crippen molar-refractivity contribution in [1.29, 1.82) is 0 Å². The molecule has 4 aliphatic carbocycles. The van der Waals surface area contributed by atoms with Crippen molar-refractivity contribution in [3.05, 3.63) is 35.5 Å². The normalized spacial score (nSPS) is 45.6. The van der Waals surface area contributed by atoms with Gasteiger partial charge in [0, 0.05) is 5.41 Å². The van der Waals surface area contributed by atoms with Gasteiger partial charge in [0.1, 0.15) is 0 Å². The largest absolute Gasteiger partial charge is 0.393 e. The minimum atomic E-state index is -0.0907. The van der Waals surface area contributed by atoms with Gasteiger partial charge in [-0.05, 0) is 55.8 Å². The van der Waals surface area contributed by atoms with E-state index in [4.69, 9.17) is 0 Å². The van der Waals surface area contributed by atoms with Crippen molar-refractivity contribution in [3.63, 3.8) is 0 Å². The molecule has 4 aliphatic rings. The van der Waals surface area contributed by atoms with Gasteiger partial charge >= 0.3 is 0 Å². The van der Waals surface area contributed by atoms with Crippen LogP contribution in [0.3, 0.4) is 0 Å². The highest BCUT2D eigenvalue weighted by molar-refractivity contribution is 5.40. The standard InChI is InChI=1S/C19H26O.C2H6/c1-18-9-3-4-16(18)15-6-5-13-12-14(20)7-11-19(13,2)17(15)8-10-18;1-2/h3-5,9,14-15,17,20H,6-8,10-12H2,1-2H3;1-2H3. The van der Waals surface area contributed by atoms with Crippen LogP contribution in [0.2, 0.25) is 0 Å². The molecule has 1 nitrogen and oxygen atoms in total. The molecular weight excluding hydrogens is 268 g/mol. The molecule has 0 bridgehead atoms. The monoisotopic (exact) mass is 300 g/mol. The molecular formula is C21H32O. The second-order valence-electron chi connectivity index (χ2n) is 7.93. The zero-order valence-electron chi connectivity index (χ0n) is 14.7. The Labute approximate surface area is 136 Å². The molecule has 0 aromatic carbocycles. The van der Waals surface area contributed by atoms with Gasteiger partial charge in [-0.3, -0.25) is 0 Å². The molecule has 0 radical (unpaired) electrons. The van der Waals surface area contributed by atoms with E-state index in [9.17, 15) is 5.11 Å². The van der Waals surface area contributed by atoms with Crippen LogP contribution in [0.15, 0.2) is 35.5 Å². The SMILES string of the molecule is CC.CC12C=CC=C1C1CC=C3CC(O)CCC3(C)C1CC2. The number of hydrogen-bond acceptors (Lipinski definition) is 1. The van der Waals surface area contributed by atoms with E-state index >= 15 is 0 Å². The van der Waals surface area contributed by atoms with Gasteiger partial charge in [-0.25, -0.2) is 0 Å². The van der Waals surface area contributed by atoms with Crippen LogP contribution >= 0.6 is 0 Å². The minimum Gasteiger partial charge on any atom is -0.393 e. The van der Waals surface area contributed by atoms with Crippen molar-refractivity contribution in [2.45, 2.75) is 72.3 Å². The summed E-state index contributed by atoms with van der Waals surface area (Å²) in [5.74, 6) is 1.54. The molecule has 0 aromatic heterocycles. The predicted octanol–water partition coefficient (Wildman–Crippen LogP) is 5.42. The zero-order chi connectivity index (χ0) is 16.0. The van der Waals surface area contributed by atoms with E-state index in [0.717, 1.165) is 24.7 Å². The van der Waals surface area contributed by atoms with Gasteiger partial charge in [-0.15, -0.1) is 0 Å². The summed E-state index contributed by atoms with van der Waals surface area (Å²) in [5.41, 5.74) is 3.95. The van der Waals surface area contributed by atoms with Crippen LogP contribution < -0.4 is 0 Å². The first-order chi connectivity index (χ1) is 10.5. The van der Waals surface area contributed by atoms with Crippen LogP contribution in [-0.2, 0) is 0 Å². The van der Waals surface area contributed by atoms with E-state index in [-0.39, 0.29) is 6.10 Å². The first-order valence-corrected chi connectivity index (χ1v) is 9.30. The molecule has 0 spiro atoms. The highest BCUT2D eigenvalue weighted by Gasteiger charge is 2.52. The van der Waals surface area contributed by atoms with Crippen LogP contribution in [0.1, 0.15) is 66.2 Å². The molecule has 4 rings (SSSR count).